The Hall–Kier alpha value is -0.340. The van der Waals surface area contributed by atoms with E-state index >= 15 is 0 Å². The van der Waals surface area contributed by atoms with Gasteiger partial charge in [0, 0.05) is 11.1 Å². The van der Waals surface area contributed by atoms with Crippen LogP contribution in [0, 0.1) is 0 Å². The first-order valence-electron chi connectivity index (χ1n) is 9.02. The molecular weight excluding hydrogens is 256 g/mol. The monoisotopic (exact) mass is 292 g/mol. The molecule has 2 heteroatoms. The van der Waals surface area contributed by atoms with Crippen LogP contribution in [0.3, 0.4) is 0 Å². The molecule has 2 rings (SSSR count). The molecule has 2 aliphatic rings. The van der Waals surface area contributed by atoms with Gasteiger partial charge >= 0.3 is 0 Å². The lowest BCUT2D eigenvalue weighted by atomic mass is 9.75. The molecule has 0 aliphatic carbocycles. The van der Waals surface area contributed by atoms with Gasteiger partial charge in [0.2, 0.25) is 0 Å². The summed E-state index contributed by atoms with van der Waals surface area (Å²) in [5.74, 6) is 0. The third kappa shape index (κ3) is 3.22. The maximum atomic E-state index is 2.72. The quantitative estimate of drug-likeness (QED) is 0.690. The highest BCUT2D eigenvalue weighted by Gasteiger charge is 2.43. The SMILES string of the molecule is CCC(C)=C(C(C)(C)N1CCCC1)C(C)(C)N1CCCC1. The molecule has 0 atom stereocenters. The van der Waals surface area contributed by atoms with Crippen LogP contribution in [0.4, 0.5) is 0 Å². The number of allylic oxidation sites excluding steroid dienone is 1. The molecule has 2 fully saturated rings. The zero-order valence-corrected chi connectivity index (χ0v) is 15.3. The molecule has 2 saturated heterocycles. The topological polar surface area (TPSA) is 6.48 Å². The van der Waals surface area contributed by atoms with Gasteiger partial charge in [0.25, 0.3) is 0 Å². The largest absolute Gasteiger partial charge is 0.294 e. The second kappa shape index (κ2) is 6.42. The summed E-state index contributed by atoms with van der Waals surface area (Å²) in [5.41, 5.74) is 3.65. The lowest BCUT2D eigenvalue weighted by molar-refractivity contribution is 0.118. The fourth-order valence-corrected chi connectivity index (χ4v) is 4.84. The lowest BCUT2D eigenvalue weighted by Crippen LogP contribution is -2.55. The highest BCUT2D eigenvalue weighted by Crippen LogP contribution is 2.41. The Balaban J connectivity index is 2.38. The van der Waals surface area contributed by atoms with Crippen LogP contribution < -0.4 is 0 Å². The summed E-state index contributed by atoms with van der Waals surface area (Å²) in [6, 6.07) is 0. The molecule has 2 heterocycles. The third-order valence-corrected chi connectivity index (χ3v) is 5.97. The number of nitrogens with zero attached hydrogens (tertiary/aromatic N) is 2. The first-order valence-corrected chi connectivity index (χ1v) is 9.02. The predicted octanol–water partition coefficient (Wildman–Crippen LogP) is 4.46. The van der Waals surface area contributed by atoms with E-state index in [1.54, 1.807) is 11.1 Å². The molecule has 0 saturated carbocycles. The smallest absolute Gasteiger partial charge is 0.0384 e. The van der Waals surface area contributed by atoms with Gasteiger partial charge in [-0.25, -0.2) is 0 Å². The zero-order valence-electron chi connectivity index (χ0n) is 15.3. The second-order valence-corrected chi connectivity index (χ2v) is 8.02. The predicted molar refractivity (Wildman–Crippen MR) is 92.8 cm³/mol. The van der Waals surface area contributed by atoms with Crippen LogP contribution in [0.2, 0.25) is 0 Å². The molecule has 2 aliphatic heterocycles. The van der Waals surface area contributed by atoms with E-state index in [-0.39, 0.29) is 11.1 Å². The van der Waals surface area contributed by atoms with Crippen LogP contribution in [0.5, 0.6) is 0 Å². The van der Waals surface area contributed by atoms with Crippen LogP contribution in [-0.2, 0) is 0 Å². The fraction of sp³-hybridized carbons (Fsp3) is 0.895. The van der Waals surface area contributed by atoms with Crippen LogP contribution in [0.1, 0.15) is 73.6 Å². The van der Waals surface area contributed by atoms with Gasteiger partial charge < -0.3 is 0 Å². The van der Waals surface area contributed by atoms with Gasteiger partial charge in [-0.1, -0.05) is 12.5 Å². The number of rotatable bonds is 5. The summed E-state index contributed by atoms with van der Waals surface area (Å²) < 4.78 is 0. The first-order chi connectivity index (χ1) is 9.81. The summed E-state index contributed by atoms with van der Waals surface area (Å²) in [7, 11) is 0. The van der Waals surface area contributed by atoms with Gasteiger partial charge in [0.1, 0.15) is 0 Å². The van der Waals surface area contributed by atoms with Crippen molar-refractivity contribution in [2.75, 3.05) is 26.2 Å². The molecule has 0 bridgehead atoms. The van der Waals surface area contributed by atoms with Crippen molar-refractivity contribution in [2.45, 2.75) is 84.7 Å². The summed E-state index contributed by atoms with van der Waals surface area (Å²) in [6.07, 6.45) is 6.64. The minimum atomic E-state index is 0.183. The normalized spacial score (nSPS) is 22.0. The maximum absolute atomic E-state index is 2.72. The average Bonchev–Trinajstić information content (AvgIpc) is 3.11. The molecule has 0 amide bonds. The Morgan fingerprint density at radius 2 is 1.10 bits per heavy atom. The molecule has 0 N–H and O–H groups in total. The van der Waals surface area contributed by atoms with Gasteiger partial charge in [-0.05, 0) is 98.5 Å². The Morgan fingerprint density at radius 3 is 1.38 bits per heavy atom. The van der Waals surface area contributed by atoms with E-state index in [0.717, 1.165) is 0 Å². The van der Waals surface area contributed by atoms with Crippen LogP contribution in [0.25, 0.3) is 0 Å². The molecule has 122 valence electrons. The molecule has 2 nitrogen and oxygen atoms in total. The summed E-state index contributed by atoms with van der Waals surface area (Å²) in [5, 5.41) is 0. The minimum absolute atomic E-state index is 0.183. The van der Waals surface area contributed by atoms with Crippen LogP contribution in [0.15, 0.2) is 11.1 Å². The zero-order chi connectivity index (χ0) is 15.7. The van der Waals surface area contributed by atoms with Gasteiger partial charge in [-0.15, -0.1) is 0 Å². The van der Waals surface area contributed by atoms with Crippen molar-refractivity contribution in [1.29, 1.82) is 0 Å². The Bertz CT molecular complexity index is 350. The second-order valence-electron chi connectivity index (χ2n) is 8.02. The molecule has 0 aromatic carbocycles. The minimum Gasteiger partial charge on any atom is -0.294 e. The first kappa shape index (κ1) is 17.0. The van der Waals surface area contributed by atoms with Crippen LogP contribution in [-0.4, -0.2) is 47.1 Å². The summed E-state index contributed by atoms with van der Waals surface area (Å²) >= 11 is 0. The van der Waals surface area contributed by atoms with E-state index in [1.165, 1.54) is 58.3 Å². The van der Waals surface area contributed by atoms with Crippen molar-refractivity contribution in [1.82, 2.24) is 9.80 Å². The molecule has 0 radical (unpaired) electrons. The van der Waals surface area contributed by atoms with E-state index in [1.807, 2.05) is 0 Å². The molecular formula is C19H36N2. The number of likely N-dealkylation sites (tertiary alicyclic amines) is 2. The van der Waals surface area contributed by atoms with E-state index in [0.29, 0.717) is 0 Å². The van der Waals surface area contributed by atoms with E-state index in [2.05, 4.69) is 51.3 Å². The van der Waals surface area contributed by atoms with Crippen molar-refractivity contribution in [2.24, 2.45) is 0 Å². The highest BCUT2D eigenvalue weighted by atomic mass is 15.2. The van der Waals surface area contributed by atoms with Crippen molar-refractivity contribution in [3.63, 3.8) is 0 Å². The summed E-state index contributed by atoms with van der Waals surface area (Å²) in [4.78, 5) is 5.44. The number of hydrogen-bond donors (Lipinski definition) is 0. The van der Waals surface area contributed by atoms with Crippen LogP contribution >= 0.6 is 0 Å². The van der Waals surface area contributed by atoms with Gasteiger partial charge in [0.05, 0.1) is 0 Å². The maximum Gasteiger partial charge on any atom is 0.0384 e. The van der Waals surface area contributed by atoms with Crippen molar-refractivity contribution < 1.29 is 0 Å². The summed E-state index contributed by atoms with van der Waals surface area (Å²) in [6.45, 7) is 19.6. The van der Waals surface area contributed by atoms with Gasteiger partial charge in [0.15, 0.2) is 0 Å². The van der Waals surface area contributed by atoms with Crippen molar-refractivity contribution >= 4 is 0 Å². The molecule has 0 aromatic heterocycles. The molecule has 0 aromatic rings. The van der Waals surface area contributed by atoms with Crippen molar-refractivity contribution in [3.8, 4) is 0 Å². The van der Waals surface area contributed by atoms with E-state index in [9.17, 15) is 0 Å². The highest BCUT2D eigenvalue weighted by molar-refractivity contribution is 5.34. The Kier molecular flexibility index (Phi) is 5.20. The fourth-order valence-electron chi connectivity index (χ4n) is 4.84. The third-order valence-electron chi connectivity index (χ3n) is 5.97. The average molecular weight is 293 g/mol. The van der Waals surface area contributed by atoms with Crippen molar-refractivity contribution in [3.05, 3.63) is 11.1 Å². The lowest BCUT2D eigenvalue weighted by Gasteiger charge is -2.49. The molecule has 0 spiro atoms. The molecule has 0 unspecified atom stereocenters. The molecule has 21 heavy (non-hydrogen) atoms. The Morgan fingerprint density at radius 1 is 0.762 bits per heavy atom. The van der Waals surface area contributed by atoms with Gasteiger partial charge in [-0.2, -0.15) is 0 Å². The van der Waals surface area contributed by atoms with E-state index in [4.69, 9.17) is 0 Å². The van der Waals surface area contributed by atoms with Gasteiger partial charge in [-0.3, -0.25) is 9.80 Å². The van der Waals surface area contributed by atoms with E-state index < -0.39 is 0 Å². The standard InChI is InChI=1S/C19H36N2/c1-7-16(2)17(18(3,4)20-12-8-9-13-20)19(5,6)21-14-10-11-15-21/h7-15H2,1-6H3. The Labute approximate surface area is 132 Å². The number of hydrogen-bond acceptors (Lipinski definition) is 2.